The van der Waals surface area contributed by atoms with E-state index in [4.69, 9.17) is 5.10 Å². The van der Waals surface area contributed by atoms with Gasteiger partial charge in [-0.2, -0.15) is 5.10 Å². The third kappa shape index (κ3) is 2.72. The molecule has 0 radical (unpaired) electrons. The number of rotatable bonds is 3. The van der Waals surface area contributed by atoms with Crippen molar-refractivity contribution in [2.24, 2.45) is 10.1 Å². The Kier molecular flexibility index (Phi) is 3.94. The average molecular weight is 291 g/mol. The van der Waals surface area contributed by atoms with E-state index in [1.165, 1.54) is 29.1 Å². The molecule has 1 fully saturated rings. The lowest BCUT2D eigenvalue weighted by Crippen LogP contribution is -2.13. The second-order valence-electron chi connectivity index (χ2n) is 4.54. The minimum Gasteiger partial charge on any atom is -0.258 e. The fourth-order valence-corrected chi connectivity index (χ4v) is 3.95. The van der Waals surface area contributed by atoms with Crippen LogP contribution >= 0.6 is 22.7 Å². The standard InChI is InChI=1S/C14H17N3S2/c1-2-15-14-17(16-11-6-3-4-7-11)12(10-19-14)13-8-5-9-18-13/h5,8-10H,2-4,6-7H2,1H3. The molecule has 5 heteroatoms. The van der Waals surface area contributed by atoms with Crippen LogP contribution in [0.2, 0.25) is 0 Å². The molecule has 3 nitrogen and oxygen atoms in total. The summed E-state index contributed by atoms with van der Waals surface area (Å²) in [4.78, 5) is 6.82. The maximum atomic E-state index is 4.85. The zero-order chi connectivity index (χ0) is 13.1. The van der Waals surface area contributed by atoms with Crippen LogP contribution in [0.25, 0.3) is 10.6 Å². The molecule has 2 aromatic rings. The molecule has 100 valence electrons. The first-order valence-corrected chi connectivity index (χ1v) is 8.46. The van der Waals surface area contributed by atoms with Crippen molar-refractivity contribution in [1.29, 1.82) is 0 Å². The monoisotopic (exact) mass is 291 g/mol. The van der Waals surface area contributed by atoms with Gasteiger partial charge in [-0.1, -0.05) is 6.07 Å². The highest BCUT2D eigenvalue weighted by atomic mass is 32.1. The van der Waals surface area contributed by atoms with Gasteiger partial charge in [0.15, 0.2) is 0 Å². The largest absolute Gasteiger partial charge is 0.258 e. The fourth-order valence-electron chi connectivity index (χ4n) is 2.26. The van der Waals surface area contributed by atoms with Crippen LogP contribution in [0, 0.1) is 0 Å². The molecular formula is C14H17N3S2. The van der Waals surface area contributed by atoms with E-state index in [1.807, 2.05) is 4.68 Å². The zero-order valence-corrected chi connectivity index (χ0v) is 12.6. The summed E-state index contributed by atoms with van der Waals surface area (Å²) in [6, 6.07) is 4.23. The zero-order valence-electron chi connectivity index (χ0n) is 11.0. The fraction of sp³-hybridized carbons (Fsp3) is 0.429. The lowest BCUT2D eigenvalue weighted by molar-refractivity contribution is 0.823. The highest BCUT2D eigenvalue weighted by Gasteiger charge is 2.12. The van der Waals surface area contributed by atoms with Gasteiger partial charge in [0.1, 0.15) is 0 Å². The lowest BCUT2D eigenvalue weighted by atomic mass is 10.3. The minimum atomic E-state index is 0.801. The Morgan fingerprint density at radius 1 is 1.26 bits per heavy atom. The summed E-state index contributed by atoms with van der Waals surface area (Å²) < 4.78 is 2.04. The molecule has 0 bridgehead atoms. The lowest BCUT2D eigenvalue weighted by Gasteiger charge is -2.02. The molecule has 0 spiro atoms. The summed E-state index contributed by atoms with van der Waals surface area (Å²) in [5, 5.41) is 9.12. The normalized spacial score (nSPS) is 16.3. The molecule has 0 atom stereocenters. The molecule has 19 heavy (non-hydrogen) atoms. The third-order valence-electron chi connectivity index (χ3n) is 3.17. The summed E-state index contributed by atoms with van der Waals surface area (Å²) in [6.07, 6.45) is 4.83. The van der Waals surface area contributed by atoms with E-state index >= 15 is 0 Å². The van der Waals surface area contributed by atoms with Gasteiger partial charge in [-0.25, -0.2) is 4.68 Å². The molecule has 1 aliphatic rings. The Labute approximate surface area is 121 Å². The van der Waals surface area contributed by atoms with Crippen molar-refractivity contribution in [3.8, 4) is 10.6 Å². The van der Waals surface area contributed by atoms with Gasteiger partial charge in [0.25, 0.3) is 0 Å². The molecular weight excluding hydrogens is 274 g/mol. The molecule has 2 heterocycles. The van der Waals surface area contributed by atoms with Gasteiger partial charge >= 0.3 is 0 Å². The van der Waals surface area contributed by atoms with Gasteiger partial charge in [-0.05, 0) is 44.1 Å². The smallest absolute Gasteiger partial charge is 0.206 e. The van der Waals surface area contributed by atoms with Crippen LogP contribution in [-0.4, -0.2) is 16.9 Å². The highest BCUT2D eigenvalue weighted by Crippen LogP contribution is 2.26. The van der Waals surface area contributed by atoms with E-state index in [0.29, 0.717) is 0 Å². The van der Waals surface area contributed by atoms with Crippen LogP contribution in [0.1, 0.15) is 32.6 Å². The quantitative estimate of drug-likeness (QED) is 0.819. The van der Waals surface area contributed by atoms with E-state index in [1.54, 1.807) is 22.7 Å². The highest BCUT2D eigenvalue weighted by molar-refractivity contribution is 7.14. The van der Waals surface area contributed by atoms with Crippen LogP contribution in [0.3, 0.4) is 0 Å². The number of aromatic nitrogens is 1. The minimum absolute atomic E-state index is 0.801. The van der Waals surface area contributed by atoms with Gasteiger partial charge in [-0.3, -0.25) is 4.99 Å². The van der Waals surface area contributed by atoms with E-state index in [0.717, 1.165) is 24.2 Å². The Morgan fingerprint density at radius 3 is 2.79 bits per heavy atom. The molecule has 0 unspecified atom stereocenters. The van der Waals surface area contributed by atoms with Crippen molar-refractivity contribution < 1.29 is 0 Å². The van der Waals surface area contributed by atoms with Crippen LogP contribution in [0.4, 0.5) is 0 Å². The van der Waals surface area contributed by atoms with Crippen LogP contribution < -0.4 is 4.80 Å². The van der Waals surface area contributed by atoms with Crippen LogP contribution in [0.5, 0.6) is 0 Å². The molecule has 0 saturated heterocycles. The van der Waals surface area contributed by atoms with Gasteiger partial charge < -0.3 is 0 Å². The number of thiazole rings is 1. The van der Waals surface area contributed by atoms with Gasteiger partial charge in [0, 0.05) is 17.6 Å². The number of hydrogen-bond donors (Lipinski definition) is 0. The van der Waals surface area contributed by atoms with Crippen molar-refractivity contribution in [2.45, 2.75) is 32.6 Å². The van der Waals surface area contributed by atoms with Gasteiger partial charge in [0.05, 0.1) is 10.6 Å². The maximum absolute atomic E-state index is 4.85. The Bertz CT molecular complexity index is 624. The van der Waals surface area contributed by atoms with Crippen molar-refractivity contribution >= 4 is 28.4 Å². The summed E-state index contributed by atoms with van der Waals surface area (Å²) in [5.41, 5.74) is 2.49. The van der Waals surface area contributed by atoms with Crippen LogP contribution in [-0.2, 0) is 0 Å². The first kappa shape index (κ1) is 12.8. The summed E-state index contributed by atoms with van der Waals surface area (Å²) in [7, 11) is 0. The topological polar surface area (TPSA) is 29.6 Å². The first-order valence-electron chi connectivity index (χ1n) is 6.70. The molecule has 3 rings (SSSR count). The third-order valence-corrected chi connectivity index (χ3v) is 4.92. The molecule has 0 amide bonds. The predicted molar refractivity (Wildman–Crippen MR) is 83.0 cm³/mol. The molecule has 1 saturated carbocycles. The first-order chi connectivity index (χ1) is 9.38. The van der Waals surface area contributed by atoms with Crippen molar-refractivity contribution in [1.82, 2.24) is 4.68 Å². The summed E-state index contributed by atoms with van der Waals surface area (Å²) in [6.45, 7) is 2.87. The van der Waals surface area contributed by atoms with Gasteiger partial charge in [-0.15, -0.1) is 22.7 Å². The average Bonchev–Trinajstić information content (AvgIpc) is 3.12. The SMILES string of the molecule is CCN=c1scc(-c2cccs2)n1N=C1CCCC1. The van der Waals surface area contributed by atoms with Crippen molar-refractivity contribution in [3.63, 3.8) is 0 Å². The van der Waals surface area contributed by atoms with E-state index < -0.39 is 0 Å². The van der Waals surface area contributed by atoms with E-state index in [-0.39, 0.29) is 0 Å². The summed E-state index contributed by atoms with van der Waals surface area (Å²) in [5.74, 6) is 0. The number of nitrogens with zero attached hydrogens (tertiary/aromatic N) is 3. The molecule has 2 aromatic heterocycles. The van der Waals surface area contributed by atoms with Crippen molar-refractivity contribution in [2.75, 3.05) is 6.54 Å². The Balaban J connectivity index is 2.10. The number of hydrogen-bond acceptors (Lipinski definition) is 4. The Hall–Kier alpha value is -1.20. The molecule has 0 N–H and O–H groups in total. The molecule has 1 aliphatic carbocycles. The number of thiophene rings is 1. The Morgan fingerprint density at radius 2 is 2.11 bits per heavy atom. The molecule has 0 aliphatic heterocycles. The second-order valence-corrected chi connectivity index (χ2v) is 6.32. The van der Waals surface area contributed by atoms with Crippen molar-refractivity contribution in [3.05, 3.63) is 27.7 Å². The second kappa shape index (κ2) is 5.84. The maximum Gasteiger partial charge on any atom is 0.206 e. The van der Waals surface area contributed by atoms with E-state index in [2.05, 4.69) is 34.8 Å². The van der Waals surface area contributed by atoms with Gasteiger partial charge in [0.2, 0.25) is 4.80 Å². The predicted octanol–water partition coefficient (Wildman–Crippen LogP) is 3.98. The van der Waals surface area contributed by atoms with Crippen LogP contribution in [0.15, 0.2) is 33.0 Å². The summed E-state index contributed by atoms with van der Waals surface area (Å²) >= 11 is 3.43. The van der Waals surface area contributed by atoms with E-state index in [9.17, 15) is 0 Å². The molecule has 0 aromatic carbocycles.